The molecule has 3 aromatic rings. The fourth-order valence-electron chi connectivity index (χ4n) is 2.06. The van der Waals surface area contributed by atoms with Gasteiger partial charge in [-0.3, -0.25) is 0 Å². The van der Waals surface area contributed by atoms with Gasteiger partial charge in [0.05, 0.1) is 5.52 Å². The Morgan fingerprint density at radius 2 is 1.77 bits per heavy atom. The number of halogens is 1. The zero-order valence-electron chi connectivity index (χ0n) is 11.8. The molecule has 0 bridgehead atoms. The van der Waals surface area contributed by atoms with E-state index in [1.165, 1.54) is 18.5 Å². The molecule has 0 saturated carbocycles. The lowest BCUT2D eigenvalue weighted by Crippen LogP contribution is -2.11. The van der Waals surface area contributed by atoms with E-state index in [0.717, 1.165) is 18.5 Å². The molecule has 0 amide bonds. The van der Waals surface area contributed by atoms with E-state index < -0.39 is 0 Å². The fraction of sp³-hybridized carbons (Fsp3) is 0.200. The maximum absolute atomic E-state index is 13.3. The zero-order valence-corrected chi connectivity index (χ0v) is 11.8. The molecule has 0 fully saturated rings. The van der Waals surface area contributed by atoms with Crippen LogP contribution in [0.15, 0.2) is 43.0 Å². The number of nitrogens with one attached hydrogen (secondary N) is 2. The average molecular weight is 298 g/mol. The predicted octanol–water partition coefficient (Wildman–Crippen LogP) is 2.47. The summed E-state index contributed by atoms with van der Waals surface area (Å²) in [6, 6.07) is 6.24. The lowest BCUT2D eigenvalue weighted by atomic mass is 10.2. The topological polar surface area (TPSA) is 75.6 Å². The number of aromatic nitrogens is 4. The van der Waals surface area contributed by atoms with Gasteiger partial charge in [0.15, 0.2) is 0 Å². The molecule has 0 aliphatic rings. The van der Waals surface area contributed by atoms with Gasteiger partial charge in [-0.15, -0.1) is 0 Å². The van der Waals surface area contributed by atoms with E-state index in [9.17, 15) is 4.39 Å². The zero-order chi connectivity index (χ0) is 15.2. The smallest absolute Gasteiger partial charge is 0.222 e. The Hall–Kier alpha value is -2.83. The molecule has 0 aliphatic heterocycles. The van der Waals surface area contributed by atoms with Crippen molar-refractivity contribution in [1.29, 1.82) is 0 Å². The van der Waals surface area contributed by atoms with E-state index in [-0.39, 0.29) is 5.82 Å². The molecule has 22 heavy (non-hydrogen) atoms. The third-order valence-electron chi connectivity index (χ3n) is 3.09. The Balaban J connectivity index is 1.55. The first-order valence-corrected chi connectivity index (χ1v) is 6.98. The quantitative estimate of drug-likeness (QED) is 0.681. The standard InChI is InChI=1S/C15H15FN6/c16-11-3-4-13-12(9-11)14(22-10-21-13)17-5-1-6-18-15-19-7-2-8-20-15/h2-4,7-10H,1,5-6H2,(H,17,21,22)(H,18,19,20). The molecule has 0 radical (unpaired) electrons. The van der Waals surface area contributed by atoms with Crippen molar-refractivity contribution in [3.63, 3.8) is 0 Å². The van der Waals surface area contributed by atoms with E-state index in [1.54, 1.807) is 24.5 Å². The van der Waals surface area contributed by atoms with Crippen molar-refractivity contribution >= 4 is 22.7 Å². The van der Waals surface area contributed by atoms with Gasteiger partial charge in [-0.05, 0) is 30.7 Å². The summed E-state index contributed by atoms with van der Waals surface area (Å²) in [4.78, 5) is 16.5. The van der Waals surface area contributed by atoms with E-state index in [2.05, 4.69) is 30.6 Å². The lowest BCUT2D eigenvalue weighted by molar-refractivity contribution is 0.629. The van der Waals surface area contributed by atoms with E-state index in [1.807, 2.05) is 0 Å². The first kappa shape index (κ1) is 14.1. The molecule has 1 aromatic carbocycles. The molecular weight excluding hydrogens is 283 g/mol. The highest BCUT2D eigenvalue weighted by atomic mass is 19.1. The number of fused-ring (bicyclic) bond motifs is 1. The molecule has 3 rings (SSSR count). The molecule has 0 unspecified atom stereocenters. The first-order valence-electron chi connectivity index (χ1n) is 6.98. The molecule has 2 aromatic heterocycles. The second-order valence-corrected chi connectivity index (χ2v) is 4.66. The van der Waals surface area contributed by atoms with Crippen LogP contribution in [0, 0.1) is 5.82 Å². The second-order valence-electron chi connectivity index (χ2n) is 4.66. The van der Waals surface area contributed by atoms with Crippen molar-refractivity contribution < 1.29 is 4.39 Å². The van der Waals surface area contributed by atoms with Gasteiger partial charge < -0.3 is 10.6 Å². The van der Waals surface area contributed by atoms with Crippen molar-refractivity contribution in [2.75, 3.05) is 23.7 Å². The number of rotatable bonds is 6. The van der Waals surface area contributed by atoms with Crippen molar-refractivity contribution in [2.24, 2.45) is 0 Å². The molecule has 0 saturated heterocycles. The van der Waals surface area contributed by atoms with Gasteiger partial charge in [0, 0.05) is 30.9 Å². The number of benzene rings is 1. The maximum atomic E-state index is 13.3. The molecular formula is C15H15FN6. The number of anilines is 2. The van der Waals surface area contributed by atoms with E-state index in [0.29, 0.717) is 23.7 Å². The third kappa shape index (κ3) is 3.43. The number of hydrogen-bond acceptors (Lipinski definition) is 6. The van der Waals surface area contributed by atoms with Crippen LogP contribution in [0.25, 0.3) is 10.9 Å². The van der Waals surface area contributed by atoms with Gasteiger partial charge in [0.2, 0.25) is 5.95 Å². The summed E-state index contributed by atoms with van der Waals surface area (Å²) in [7, 11) is 0. The van der Waals surface area contributed by atoms with Crippen LogP contribution in [0.2, 0.25) is 0 Å². The van der Waals surface area contributed by atoms with Gasteiger partial charge in [-0.2, -0.15) is 0 Å². The van der Waals surface area contributed by atoms with Crippen LogP contribution in [0.1, 0.15) is 6.42 Å². The molecule has 0 aliphatic carbocycles. The second kappa shape index (κ2) is 6.75. The van der Waals surface area contributed by atoms with Crippen molar-refractivity contribution in [3.8, 4) is 0 Å². The Labute approximate surface area is 126 Å². The lowest BCUT2D eigenvalue weighted by Gasteiger charge is -2.08. The molecule has 112 valence electrons. The van der Waals surface area contributed by atoms with Crippen LogP contribution in [0.4, 0.5) is 16.2 Å². The van der Waals surface area contributed by atoms with Crippen LogP contribution in [0.5, 0.6) is 0 Å². The van der Waals surface area contributed by atoms with Gasteiger partial charge in [-0.25, -0.2) is 24.3 Å². The Kier molecular flexibility index (Phi) is 4.33. The minimum Gasteiger partial charge on any atom is -0.369 e. The summed E-state index contributed by atoms with van der Waals surface area (Å²) in [6.45, 7) is 1.43. The van der Waals surface area contributed by atoms with Crippen LogP contribution in [0.3, 0.4) is 0 Å². The maximum Gasteiger partial charge on any atom is 0.222 e. The summed E-state index contributed by atoms with van der Waals surface area (Å²) in [6.07, 6.45) is 5.70. The molecule has 2 N–H and O–H groups in total. The fourth-order valence-corrected chi connectivity index (χ4v) is 2.06. The van der Waals surface area contributed by atoms with Crippen molar-refractivity contribution in [1.82, 2.24) is 19.9 Å². The summed E-state index contributed by atoms with van der Waals surface area (Å²) in [5, 5.41) is 7.01. The third-order valence-corrected chi connectivity index (χ3v) is 3.09. The Bertz CT molecular complexity index is 749. The highest BCUT2D eigenvalue weighted by molar-refractivity contribution is 5.88. The molecule has 7 heteroatoms. The Morgan fingerprint density at radius 1 is 0.955 bits per heavy atom. The highest BCUT2D eigenvalue weighted by Gasteiger charge is 2.04. The number of nitrogens with zero attached hydrogens (tertiary/aromatic N) is 4. The van der Waals surface area contributed by atoms with Gasteiger partial charge in [0.1, 0.15) is 18.0 Å². The van der Waals surface area contributed by atoms with Crippen molar-refractivity contribution in [2.45, 2.75) is 6.42 Å². The minimum atomic E-state index is -0.298. The molecule has 6 nitrogen and oxygen atoms in total. The van der Waals surface area contributed by atoms with Crippen molar-refractivity contribution in [3.05, 3.63) is 48.8 Å². The summed E-state index contributed by atoms with van der Waals surface area (Å²) in [5.74, 6) is 0.950. The van der Waals surface area contributed by atoms with E-state index in [4.69, 9.17) is 0 Å². The summed E-state index contributed by atoms with van der Waals surface area (Å²) in [5.41, 5.74) is 0.717. The van der Waals surface area contributed by atoms with Gasteiger partial charge in [-0.1, -0.05) is 0 Å². The predicted molar refractivity (Wildman–Crippen MR) is 83.1 cm³/mol. The normalized spacial score (nSPS) is 10.6. The average Bonchev–Trinajstić information content (AvgIpc) is 2.56. The minimum absolute atomic E-state index is 0.298. The van der Waals surface area contributed by atoms with Crippen LogP contribution < -0.4 is 10.6 Å². The van der Waals surface area contributed by atoms with Gasteiger partial charge in [0.25, 0.3) is 0 Å². The SMILES string of the molecule is Fc1ccc2ncnc(NCCCNc3ncccn3)c2c1. The number of hydrogen-bond donors (Lipinski definition) is 2. The molecule has 0 atom stereocenters. The van der Waals surface area contributed by atoms with Crippen LogP contribution in [-0.4, -0.2) is 33.0 Å². The monoisotopic (exact) mass is 298 g/mol. The van der Waals surface area contributed by atoms with E-state index >= 15 is 0 Å². The largest absolute Gasteiger partial charge is 0.369 e. The van der Waals surface area contributed by atoms with Crippen LogP contribution in [-0.2, 0) is 0 Å². The highest BCUT2D eigenvalue weighted by Crippen LogP contribution is 2.19. The summed E-state index contributed by atoms with van der Waals surface area (Å²) >= 11 is 0. The first-order chi connectivity index (χ1) is 10.8. The molecule has 0 spiro atoms. The summed E-state index contributed by atoms with van der Waals surface area (Å²) < 4.78 is 13.3. The van der Waals surface area contributed by atoms with Gasteiger partial charge >= 0.3 is 0 Å². The van der Waals surface area contributed by atoms with Crippen LogP contribution >= 0.6 is 0 Å². The molecule has 2 heterocycles. The Morgan fingerprint density at radius 3 is 2.64 bits per heavy atom.